The summed E-state index contributed by atoms with van der Waals surface area (Å²) >= 11 is 2.87. The molecule has 0 saturated carbocycles. The first-order valence-electron chi connectivity index (χ1n) is 4.69. The van der Waals surface area contributed by atoms with Crippen LogP contribution in [0.5, 0.6) is 5.75 Å². The van der Waals surface area contributed by atoms with Crippen LogP contribution in [0.15, 0.2) is 28.7 Å². The zero-order valence-electron chi connectivity index (χ0n) is 8.95. The highest BCUT2D eigenvalue weighted by Gasteiger charge is 2.73. The third kappa shape index (κ3) is 3.31. The van der Waals surface area contributed by atoms with Gasteiger partial charge in [0.05, 0.1) is 4.47 Å². The van der Waals surface area contributed by atoms with E-state index in [4.69, 9.17) is 0 Å². The molecule has 0 N–H and O–H groups in total. The summed E-state index contributed by atoms with van der Waals surface area (Å²) in [6.07, 6.45) is -6.35. The minimum atomic E-state index is -6.35. The van der Waals surface area contributed by atoms with Crippen LogP contribution in [0.25, 0.3) is 0 Å². The lowest BCUT2D eigenvalue weighted by Gasteiger charge is -2.28. The fourth-order valence-electron chi connectivity index (χ4n) is 1.03. The summed E-state index contributed by atoms with van der Waals surface area (Å²) in [5, 5.41) is 0. The number of hydrogen-bond donors (Lipinski definition) is 0. The van der Waals surface area contributed by atoms with Gasteiger partial charge in [0.25, 0.3) is 0 Å². The molecule has 1 nitrogen and oxygen atoms in total. The van der Waals surface area contributed by atoms with Crippen molar-refractivity contribution in [1.29, 1.82) is 0 Å². The van der Waals surface area contributed by atoms with E-state index in [9.17, 15) is 30.7 Å². The van der Waals surface area contributed by atoms with E-state index in [1.54, 1.807) is 0 Å². The molecule has 1 aromatic rings. The number of para-hydroxylation sites is 1. The Morgan fingerprint density at radius 2 is 1.47 bits per heavy atom. The predicted molar refractivity (Wildman–Crippen MR) is 55.6 cm³/mol. The molecule has 0 saturated heterocycles. The highest BCUT2D eigenvalue weighted by Crippen LogP contribution is 2.46. The Bertz CT molecular complexity index is 444. The molecule has 0 heterocycles. The van der Waals surface area contributed by atoms with Crippen molar-refractivity contribution in [3.05, 3.63) is 28.7 Å². The SMILES string of the molecule is FC(F)(F)C(F)(F)C(F)(F)COc1ccccc1Br. The number of benzene rings is 1. The Kier molecular flexibility index (Phi) is 4.38. The van der Waals surface area contributed by atoms with E-state index in [1.165, 1.54) is 18.2 Å². The summed E-state index contributed by atoms with van der Waals surface area (Å²) in [5.41, 5.74) is 0. The molecule has 0 aromatic heterocycles. The Labute approximate surface area is 111 Å². The third-order valence-electron chi connectivity index (χ3n) is 2.06. The van der Waals surface area contributed by atoms with Gasteiger partial charge in [-0.1, -0.05) is 12.1 Å². The monoisotopic (exact) mass is 354 g/mol. The van der Waals surface area contributed by atoms with Crippen molar-refractivity contribution in [2.45, 2.75) is 18.0 Å². The van der Waals surface area contributed by atoms with E-state index in [0.717, 1.165) is 6.07 Å². The highest BCUT2D eigenvalue weighted by atomic mass is 79.9. The number of hydrogen-bond acceptors (Lipinski definition) is 1. The summed E-state index contributed by atoms with van der Waals surface area (Å²) in [5.74, 6) is -11.8. The van der Waals surface area contributed by atoms with Crippen LogP contribution in [-0.4, -0.2) is 24.6 Å². The lowest BCUT2D eigenvalue weighted by Crippen LogP contribution is -2.54. The molecule has 0 radical (unpaired) electrons. The van der Waals surface area contributed by atoms with Gasteiger partial charge < -0.3 is 4.74 Å². The molecule has 1 rings (SSSR count). The second-order valence-electron chi connectivity index (χ2n) is 3.50. The van der Waals surface area contributed by atoms with Gasteiger partial charge in [0.15, 0.2) is 6.61 Å². The Hall–Kier alpha value is -0.990. The average molecular weight is 355 g/mol. The van der Waals surface area contributed by atoms with E-state index >= 15 is 0 Å². The maximum absolute atomic E-state index is 12.9. The van der Waals surface area contributed by atoms with Crippen LogP contribution in [0.4, 0.5) is 30.7 Å². The molecule has 0 atom stereocenters. The lowest BCUT2D eigenvalue weighted by atomic mass is 10.2. The van der Waals surface area contributed by atoms with Gasteiger partial charge in [0.2, 0.25) is 0 Å². The Balaban J connectivity index is 2.84. The molecule has 0 aliphatic carbocycles. The molecule has 9 heteroatoms. The van der Waals surface area contributed by atoms with Crippen LogP contribution in [0, 0.1) is 0 Å². The van der Waals surface area contributed by atoms with Gasteiger partial charge in [-0.3, -0.25) is 0 Å². The van der Waals surface area contributed by atoms with Crippen molar-refractivity contribution in [3.63, 3.8) is 0 Å². The van der Waals surface area contributed by atoms with E-state index in [2.05, 4.69) is 20.7 Å². The standard InChI is InChI=1S/C10H6BrF7O/c11-6-3-1-2-4-7(6)19-5-8(12,13)9(14,15)10(16,17)18/h1-4H,5H2. The van der Waals surface area contributed by atoms with Crippen LogP contribution in [0.3, 0.4) is 0 Å². The second kappa shape index (κ2) is 5.18. The van der Waals surface area contributed by atoms with Crippen LogP contribution >= 0.6 is 15.9 Å². The molecule has 0 unspecified atom stereocenters. The van der Waals surface area contributed by atoms with Crippen molar-refractivity contribution in [2.75, 3.05) is 6.61 Å². The van der Waals surface area contributed by atoms with Gasteiger partial charge in [-0.05, 0) is 28.1 Å². The molecule has 19 heavy (non-hydrogen) atoms. The summed E-state index contributed by atoms with van der Waals surface area (Å²) in [6, 6.07) is 5.33. The summed E-state index contributed by atoms with van der Waals surface area (Å²) in [7, 11) is 0. The van der Waals surface area contributed by atoms with Crippen molar-refractivity contribution in [2.24, 2.45) is 0 Å². The molecular formula is C10H6BrF7O. The largest absolute Gasteiger partial charge is 0.486 e. The smallest absolute Gasteiger partial charge is 0.460 e. The van der Waals surface area contributed by atoms with Crippen molar-refractivity contribution in [1.82, 2.24) is 0 Å². The lowest BCUT2D eigenvalue weighted by molar-refractivity contribution is -0.358. The quantitative estimate of drug-likeness (QED) is 0.714. The minimum Gasteiger partial charge on any atom is -0.486 e. The maximum Gasteiger partial charge on any atom is 0.460 e. The van der Waals surface area contributed by atoms with Crippen LogP contribution < -0.4 is 4.74 Å². The highest BCUT2D eigenvalue weighted by molar-refractivity contribution is 9.10. The fourth-order valence-corrected chi connectivity index (χ4v) is 1.43. The summed E-state index contributed by atoms with van der Waals surface area (Å²) in [4.78, 5) is 0. The van der Waals surface area contributed by atoms with Crippen LogP contribution in [-0.2, 0) is 0 Å². The fraction of sp³-hybridized carbons (Fsp3) is 0.400. The van der Waals surface area contributed by atoms with Crippen LogP contribution in [0.2, 0.25) is 0 Å². The number of ether oxygens (including phenoxy) is 1. The van der Waals surface area contributed by atoms with Crippen molar-refractivity contribution < 1.29 is 35.5 Å². The van der Waals surface area contributed by atoms with Gasteiger partial charge in [-0.2, -0.15) is 30.7 Å². The first-order chi connectivity index (χ1) is 8.49. The molecule has 0 amide bonds. The number of halogens is 8. The molecule has 0 aliphatic rings. The van der Waals surface area contributed by atoms with Gasteiger partial charge in [-0.25, -0.2) is 0 Å². The average Bonchev–Trinajstić information content (AvgIpc) is 2.26. The number of rotatable bonds is 4. The first-order valence-corrected chi connectivity index (χ1v) is 5.48. The molecule has 0 bridgehead atoms. The van der Waals surface area contributed by atoms with E-state index < -0.39 is 24.6 Å². The Morgan fingerprint density at radius 1 is 0.947 bits per heavy atom. The minimum absolute atomic E-state index is 0.154. The topological polar surface area (TPSA) is 9.23 Å². The normalized spacial score (nSPS) is 13.5. The molecular weight excluding hydrogens is 349 g/mol. The molecule has 108 valence electrons. The van der Waals surface area contributed by atoms with Crippen molar-refractivity contribution in [3.8, 4) is 5.75 Å². The van der Waals surface area contributed by atoms with Gasteiger partial charge in [0.1, 0.15) is 5.75 Å². The van der Waals surface area contributed by atoms with Crippen molar-refractivity contribution >= 4 is 15.9 Å². The molecule has 0 fully saturated rings. The summed E-state index contributed by atoms with van der Waals surface area (Å²) in [6.45, 7) is -2.10. The second-order valence-corrected chi connectivity index (χ2v) is 4.35. The Morgan fingerprint density at radius 3 is 1.95 bits per heavy atom. The first kappa shape index (κ1) is 16.1. The predicted octanol–water partition coefficient (Wildman–Crippen LogP) is 4.66. The number of alkyl halides is 7. The molecule has 1 aromatic carbocycles. The third-order valence-corrected chi connectivity index (χ3v) is 2.72. The maximum atomic E-state index is 12.9. The molecule has 0 spiro atoms. The summed E-state index contributed by atoms with van der Waals surface area (Å²) < 4.78 is 90.9. The van der Waals surface area contributed by atoms with E-state index in [1.807, 2.05) is 0 Å². The van der Waals surface area contributed by atoms with Gasteiger partial charge in [-0.15, -0.1) is 0 Å². The zero-order chi connectivity index (χ0) is 14.9. The van der Waals surface area contributed by atoms with Gasteiger partial charge in [0, 0.05) is 0 Å². The molecule has 0 aliphatic heterocycles. The zero-order valence-corrected chi connectivity index (χ0v) is 10.5. The van der Waals surface area contributed by atoms with E-state index in [-0.39, 0.29) is 10.2 Å². The van der Waals surface area contributed by atoms with Crippen LogP contribution in [0.1, 0.15) is 0 Å². The van der Waals surface area contributed by atoms with E-state index in [0.29, 0.717) is 0 Å². The van der Waals surface area contributed by atoms with Gasteiger partial charge >= 0.3 is 18.0 Å².